The number of piperazine rings is 1. The summed E-state index contributed by atoms with van der Waals surface area (Å²) in [5.41, 5.74) is 0. The number of amides is 2. The second-order valence-corrected chi connectivity index (χ2v) is 8.22. The number of nitrogens with zero attached hydrogens (tertiary/aromatic N) is 3. The highest BCUT2D eigenvalue weighted by Crippen LogP contribution is 2.33. The second kappa shape index (κ2) is 7.62. The minimum atomic E-state index is 0.201. The summed E-state index contributed by atoms with van der Waals surface area (Å²) >= 11 is 0. The lowest BCUT2D eigenvalue weighted by Gasteiger charge is -2.46. The molecule has 5 heterocycles. The lowest BCUT2D eigenvalue weighted by molar-refractivity contribution is -0.146. The number of ether oxygens (including phenoxy) is 1. The quantitative estimate of drug-likeness (QED) is 0.754. The lowest BCUT2D eigenvalue weighted by Crippen LogP contribution is -2.57. The largest absolute Gasteiger partial charge is 0.381 e. The fraction of sp³-hybridized carbons (Fsp3) is 0.895. The number of hydrogen-bond acceptors (Lipinski definition) is 4. The fourth-order valence-electron chi connectivity index (χ4n) is 4.95. The van der Waals surface area contributed by atoms with Gasteiger partial charge in [-0.15, -0.1) is 0 Å². The van der Waals surface area contributed by atoms with Crippen molar-refractivity contribution in [1.29, 1.82) is 0 Å². The predicted octanol–water partition coefficient (Wildman–Crippen LogP) is 0.816. The highest BCUT2D eigenvalue weighted by atomic mass is 16.5. The van der Waals surface area contributed by atoms with E-state index in [9.17, 15) is 9.59 Å². The van der Waals surface area contributed by atoms with Crippen LogP contribution in [0.1, 0.15) is 32.1 Å². The minimum absolute atomic E-state index is 0.201. The molecule has 6 nitrogen and oxygen atoms in total. The van der Waals surface area contributed by atoms with E-state index in [1.807, 2.05) is 9.80 Å². The summed E-state index contributed by atoms with van der Waals surface area (Å²) in [4.78, 5) is 31.7. The Hall–Kier alpha value is -1.14. The molecule has 0 aliphatic carbocycles. The highest BCUT2D eigenvalue weighted by molar-refractivity contribution is 5.80. The molecule has 2 amide bonds. The maximum Gasteiger partial charge on any atom is 0.227 e. The average Bonchev–Trinajstić information content (AvgIpc) is 3.20. The smallest absolute Gasteiger partial charge is 0.227 e. The molecule has 0 aromatic heterocycles. The van der Waals surface area contributed by atoms with E-state index < -0.39 is 0 Å². The molecule has 0 saturated carbocycles. The lowest BCUT2D eigenvalue weighted by atomic mass is 9.78. The van der Waals surface area contributed by atoms with Crippen molar-refractivity contribution in [2.45, 2.75) is 32.1 Å². The van der Waals surface area contributed by atoms with Crippen LogP contribution in [-0.4, -0.2) is 85.5 Å². The zero-order valence-corrected chi connectivity index (χ0v) is 15.2. The van der Waals surface area contributed by atoms with Gasteiger partial charge in [0, 0.05) is 52.4 Å². The normalized spacial score (nSPS) is 35.2. The van der Waals surface area contributed by atoms with Crippen molar-refractivity contribution in [3.63, 3.8) is 0 Å². The number of hydrogen-bond donors (Lipinski definition) is 0. The van der Waals surface area contributed by atoms with Crippen LogP contribution in [0.4, 0.5) is 0 Å². The van der Waals surface area contributed by atoms with E-state index in [1.54, 1.807) is 0 Å². The summed E-state index contributed by atoms with van der Waals surface area (Å²) in [6, 6.07) is 0. The van der Waals surface area contributed by atoms with Crippen LogP contribution in [0.15, 0.2) is 0 Å². The van der Waals surface area contributed by atoms with Gasteiger partial charge < -0.3 is 19.4 Å². The second-order valence-electron chi connectivity index (χ2n) is 8.22. The Morgan fingerprint density at radius 2 is 1.64 bits per heavy atom. The van der Waals surface area contributed by atoms with Crippen LogP contribution in [0.25, 0.3) is 0 Å². The van der Waals surface area contributed by atoms with Crippen LogP contribution in [0, 0.1) is 17.8 Å². The summed E-state index contributed by atoms with van der Waals surface area (Å²) in [6.45, 7) is 7.77. The number of carbonyl (C=O) groups is 2. The van der Waals surface area contributed by atoms with Gasteiger partial charge in [-0.3, -0.25) is 9.59 Å². The molecule has 5 saturated heterocycles. The first-order chi connectivity index (χ1) is 12.2. The zero-order chi connectivity index (χ0) is 17.2. The van der Waals surface area contributed by atoms with Crippen molar-refractivity contribution in [2.24, 2.45) is 17.8 Å². The van der Waals surface area contributed by atoms with E-state index in [0.717, 1.165) is 32.6 Å². The Labute approximate surface area is 150 Å². The van der Waals surface area contributed by atoms with Crippen LogP contribution in [0.5, 0.6) is 0 Å². The Morgan fingerprint density at radius 1 is 0.920 bits per heavy atom. The van der Waals surface area contributed by atoms with Gasteiger partial charge >= 0.3 is 0 Å². The van der Waals surface area contributed by atoms with E-state index in [-0.39, 0.29) is 11.8 Å². The van der Waals surface area contributed by atoms with Crippen molar-refractivity contribution in [1.82, 2.24) is 14.7 Å². The molecule has 2 bridgehead atoms. The Morgan fingerprint density at radius 3 is 2.24 bits per heavy atom. The summed E-state index contributed by atoms with van der Waals surface area (Å²) in [5, 5.41) is 0. The van der Waals surface area contributed by atoms with Crippen molar-refractivity contribution in [3.8, 4) is 0 Å². The SMILES string of the molecule is O=C(CCC1CCOC1)N1CCN(C(=O)C2CN3CCC2CC3)CC1. The van der Waals surface area contributed by atoms with Gasteiger partial charge in [-0.05, 0) is 50.6 Å². The molecule has 5 rings (SSSR count). The van der Waals surface area contributed by atoms with Crippen LogP contribution in [0.2, 0.25) is 0 Å². The van der Waals surface area contributed by atoms with Crippen molar-refractivity contribution in [3.05, 3.63) is 0 Å². The van der Waals surface area contributed by atoms with Gasteiger partial charge in [0.25, 0.3) is 0 Å². The fourth-order valence-corrected chi connectivity index (χ4v) is 4.95. The molecule has 0 spiro atoms. The summed E-state index contributed by atoms with van der Waals surface area (Å²) in [7, 11) is 0. The number of rotatable bonds is 4. The Kier molecular flexibility index (Phi) is 5.27. The first-order valence-corrected chi connectivity index (χ1v) is 10.1. The van der Waals surface area contributed by atoms with Gasteiger partial charge in [0.05, 0.1) is 5.92 Å². The van der Waals surface area contributed by atoms with Gasteiger partial charge in [0.15, 0.2) is 0 Å². The standard InChI is InChI=1S/C19H31N3O3/c23-18(2-1-15-5-12-25-14-15)21-8-10-22(11-9-21)19(24)17-13-20-6-3-16(17)4-7-20/h15-17H,1-14H2. The van der Waals surface area contributed by atoms with Gasteiger partial charge in [-0.25, -0.2) is 0 Å². The Balaban J connectivity index is 1.22. The number of fused-ring (bicyclic) bond motifs is 3. The van der Waals surface area contributed by atoms with E-state index in [1.165, 1.54) is 25.9 Å². The molecule has 0 radical (unpaired) electrons. The van der Waals surface area contributed by atoms with Crippen molar-refractivity contribution in [2.75, 3.05) is 59.0 Å². The highest BCUT2D eigenvalue weighted by Gasteiger charge is 2.40. The average molecular weight is 349 g/mol. The van der Waals surface area contributed by atoms with Crippen LogP contribution < -0.4 is 0 Å². The predicted molar refractivity (Wildman–Crippen MR) is 94.0 cm³/mol. The molecule has 5 fully saturated rings. The molecule has 2 unspecified atom stereocenters. The maximum absolute atomic E-state index is 12.9. The third kappa shape index (κ3) is 3.85. The van der Waals surface area contributed by atoms with E-state index in [2.05, 4.69) is 4.90 Å². The zero-order valence-electron chi connectivity index (χ0n) is 15.2. The van der Waals surface area contributed by atoms with Crippen molar-refractivity contribution < 1.29 is 14.3 Å². The molecule has 5 aliphatic heterocycles. The molecule has 0 aromatic carbocycles. The third-order valence-corrected chi connectivity index (χ3v) is 6.71. The molecule has 5 aliphatic rings. The molecule has 140 valence electrons. The van der Waals surface area contributed by atoms with Crippen molar-refractivity contribution >= 4 is 11.8 Å². The minimum Gasteiger partial charge on any atom is -0.381 e. The summed E-state index contributed by atoms with van der Waals surface area (Å²) in [6.07, 6.45) is 5.02. The molecular weight excluding hydrogens is 318 g/mol. The van der Waals surface area contributed by atoms with Crippen LogP contribution in [-0.2, 0) is 14.3 Å². The van der Waals surface area contributed by atoms with Gasteiger partial charge in [0.2, 0.25) is 11.8 Å². The maximum atomic E-state index is 12.9. The van der Waals surface area contributed by atoms with Crippen LogP contribution >= 0.6 is 0 Å². The number of piperidine rings is 3. The van der Waals surface area contributed by atoms with E-state index >= 15 is 0 Å². The molecular formula is C19H31N3O3. The topological polar surface area (TPSA) is 53.1 Å². The summed E-state index contributed by atoms with van der Waals surface area (Å²) in [5.74, 6) is 1.94. The monoisotopic (exact) mass is 349 g/mol. The van der Waals surface area contributed by atoms with Gasteiger partial charge in [-0.1, -0.05) is 0 Å². The molecule has 0 aromatic rings. The van der Waals surface area contributed by atoms with Gasteiger partial charge in [-0.2, -0.15) is 0 Å². The first kappa shape index (κ1) is 17.3. The number of carbonyl (C=O) groups excluding carboxylic acids is 2. The van der Waals surface area contributed by atoms with Gasteiger partial charge in [0.1, 0.15) is 0 Å². The van der Waals surface area contributed by atoms with Crippen LogP contribution in [0.3, 0.4) is 0 Å². The molecule has 0 N–H and O–H groups in total. The molecule has 2 atom stereocenters. The third-order valence-electron chi connectivity index (χ3n) is 6.71. The summed E-state index contributed by atoms with van der Waals surface area (Å²) < 4.78 is 5.38. The molecule has 6 heteroatoms. The van der Waals surface area contributed by atoms with E-state index in [4.69, 9.17) is 4.74 Å². The Bertz CT molecular complexity index is 490. The first-order valence-electron chi connectivity index (χ1n) is 10.1. The molecule has 25 heavy (non-hydrogen) atoms. The van der Waals surface area contributed by atoms with E-state index in [0.29, 0.717) is 50.3 Å².